The molecule has 1 aliphatic carbocycles. The first-order valence-electron chi connectivity index (χ1n) is 13.3. The van der Waals surface area contributed by atoms with Gasteiger partial charge in [-0.25, -0.2) is 0 Å². The van der Waals surface area contributed by atoms with Crippen molar-refractivity contribution in [1.82, 2.24) is 0 Å². The van der Waals surface area contributed by atoms with Gasteiger partial charge in [-0.1, -0.05) is 53.7 Å². The van der Waals surface area contributed by atoms with E-state index in [1.807, 2.05) is 0 Å². The number of ether oxygens (including phenoxy) is 1. The summed E-state index contributed by atoms with van der Waals surface area (Å²) >= 11 is 0. The van der Waals surface area contributed by atoms with Crippen LogP contribution in [-0.4, -0.2) is 64.8 Å². The number of carbonyl (C=O) groups excluding carboxylic acids is 1. The Morgan fingerprint density at radius 1 is 1.06 bits per heavy atom. The number of methoxy groups -OCH3 is 1. The highest BCUT2D eigenvalue weighted by Gasteiger charge is 2.47. The predicted octanol–water partition coefficient (Wildman–Crippen LogP) is 6.05. The monoisotopic (exact) mass is 530 g/mol. The van der Waals surface area contributed by atoms with Gasteiger partial charge >= 0.3 is 5.97 Å². The second-order valence-electron chi connectivity index (χ2n) is 13.2. The minimum atomic E-state index is -2.04. The van der Waals surface area contributed by atoms with Gasteiger partial charge in [-0.05, 0) is 67.9 Å². The highest BCUT2D eigenvalue weighted by atomic mass is 28.4. The predicted molar refractivity (Wildman–Crippen MR) is 148 cm³/mol. The normalized spacial score (nSPS) is 25.3. The van der Waals surface area contributed by atoms with E-state index in [4.69, 9.17) is 13.6 Å². The number of hydrogen-bond donors (Lipinski definition) is 2. The second kappa shape index (κ2) is 12.8. The van der Waals surface area contributed by atoms with Crippen LogP contribution in [0.1, 0.15) is 73.6 Å². The summed E-state index contributed by atoms with van der Waals surface area (Å²) in [6.07, 6.45) is 6.52. The lowest BCUT2D eigenvalue weighted by Crippen LogP contribution is -2.45. The summed E-state index contributed by atoms with van der Waals surface area (Å²) in [5.74, 6) is -0.239. The average molecular weight is 531 g/mol. The Morgan fingerprint density at radius 3 is 2.11 bits per heavy atom. The highest BCUT2D eigenvalue weighted by molar-refractivity contribution is 6.74. The molecule has 1 rings (SSSR count). The lowest BCUT2D eigenvalue weighted by Gasteiger charge is -2.40. The fourth-order valence-corrected chi connectivity index (χ4v) is 6.81. The number of hydrogen-bond acceptors (Lipinski definition) is 6. The maximum atomic E-state index is 11.7. The molecular formula is C27H54O6Si2. The summed E-state index contributed by atoms with van der Waals surface area (Å²) in [7, 11) is -2.65. The average Bonchev–Trinajstić information content (AvgIpc) is 2.97. The number of esters is 1. The Bertz CT molecular complexity index is 693. The summed E-state index contributed by atoms with van der Waals surface area (Å²) in [6.45, 7) is 22.4. The van der Waals surface area contributed by atoms with Crippen molar-refractivity contribution in [2.45, 2.75) is 128 Å². The zero-order valence-corrected chi connectivity index (χ0v) is 26.3. The molecule has 5 atom stereocenters. The molecule has 0 amide bonds. The zero-order chi connectivity index (χ0) is 27.2. The Morgan fingerprint density at radius 2 is 1.63 bits per heavy atom. The lowest BCUT2D eigenvalue weighted by molar-refractivity contribution is -0.140. The van der Waals surface area contributed by atoms with E-state index in [1.54, 1.807) is 0 Å². The highest BCUT2D eigenvalue weighted by Crippen LogP contribution is 2.44. The number of rotatable bonds is 12. The maximum absolute atomic E-state index is 11.7. The first kappa shape index (κ1) is 32.5. The third kappa shape index (κ3) is 9.38. The van der Waals surface area contributed by atoms with Crippen molar-refractivity contribution in [2.24, 2.45) is 11.8 Å². The third-order valence-corrected chi connectivity index (χ3v) is 17.5. The van der Waals surface area contributed by atoms with Crippen molar-refractivity contribution in [2.75, 3.05) is 13.7 Å². The summed E-state index contributed by atoms with van der Waals surface area (Å²) < 4.78 is 18.4. The van der Waals surface area contributed by atoms with Gasteiger partial charge < -0.3 is 23.8 Å². The van der Waals surface area contributed by atoms with Gasteiger partial charge in [-0.15, -0.1) is 0 Å². The van der Waals surface area contributed by atoms with Crippen molar-refractivity contribution < 1.29 is 28.6 Å². The molecule has 0 saturated heterocycles. The topological polar surface area (TPSA) is 85.2 Å². The fraction of sp³-hybridized carbons (Fsp3) is 0.889. The number of aliphatic hydroxyl groups excluding tert-OH is 2. The van der Waals surface area contributed by atoms with Crippen LogP contribution in [0.25, 0.3) is 0 Å². The van der Waals surface area contributed by atoms with E-state index < -0.39 is 22.7 Å². The quantitative estimate of drug-likeness (QED) is 0.182. The molecule has 0 spiro atoms. The van der Waals surface area contributed by atoms with Crippen LogP contribution < -0.4 is 0 Å². The molecule has 35 heavy (non-hydrogen) atoms. The van der Waals surface area contributed by atoms with Crippen molar-refractivity contribution >= 4 is 22.6 Å². The Labute approximate surface area is 217 Å². The Kier molecular flexibility index (Phi) is 11.9. The lowest BCUT2D eigenvalue weighted by atomic mass is 9.90. The Balaban J connectivity index is 3.20. The molecule has 206 valence electrons. The van der Waals surface area contributed by atoms with Gasteiger partial charge in [0.05, 0.1) is 25.4 Å². The molecule has 1 saturated carbocycles. The molecule has 6 nitrogen and oxygen atoms in total. The van der Waals surface area contributed by atoms with Gasteiger partial charge in [-0.3, -0.25) is 4.79 Å². The smallest absolute Gasteiger partial charge is 0.305 e. The van der Waals surface area contributed by atoms with Gasteiger partial charge in [0, 0.05) is 18.9 Å². The van der Waals surface area contributed by atoms with Crippen LogP contribution in [0.3, 0.4) is 0 Å². The van der Waals surface area contributed by atoms with Crippen molar-refractivity contribution in [3.05, 3.63) is 12.2 Å². The van der Waals surface area contributed by atoms with Crippen molar-refractivity contribution in [1.29, 1.82) is 0 Å². The van der Waals surface area contributed by atoms with Crippen molar-refractivity contribution in [3.63, 3.8) is 0 Å². The molecule has 0 bridgehead atoms. The molecule has 2 N–H and O–H groups in total. The van der Waals surface area contributed by atoms with Crippen LogP contribution in [0, 0.1) is 11.8 Å². The first-order valence-corrected chi connectivity index (χ1v) is 19.1. The minimum Gasteiger partial charge on any atom is -0.469 e. The molecule has 0 aromatic heterocycles. The molecule has 0 radical (unpaired) electrons. The van der Waals surface area contributed by atoms with E-state index >= 15 is 0 Å². The Hall–Kier alpha value is -0.516. The van der Waals surface area contributed by atoms with E-state index in [-0.39, 0.29) is 46.7 Å². The standard InChI is InChI=1S/C27H54O6Si2/c1-26(2,3)34(8,9)32-20(13-12-14-25(30)31-7)15-16-22-21(17-18-28)23(29)19-24(22)33-35(10,11)27(4,5)6/h15-16,20-24,28-29H,12-14,17-19H2,1-11H3/b16-15+/t20-,21-,22+,23+,24-/m0/s1. The molecule has 0 unspecified atom stereocenters. The molecule has 0 aromatic rings. The van der Waals surface area contributed by atoms with Gasteiger partial charge in [0.2, 0.25) is 0 Å². The van der Waals surface area contributed by atoms with Crippen LogP contribution in [-0.2, 0) is 18.4 Å². The molecule has 0 aliphatic heterocycles. The minimum absolute atomic E-state index is 0.0115. The molecule has 1 aliphatic rings. The summed E-state index contributed by atoms with van der Waals surface area (Å²) in [5, 5.41) is 20.7. The van der Waals surface area contributed by atoms with E-state index in [0.29, 0.717) is 25.7 Å². The van der Waals surface area contributed by atoms with E-state index in [0.717, 1.165) is 6.42 Å². The molecule has 0 heterocycles. The van der Waals surface area contributed by atoms with Gasteiger partial charge in [0.1, 0.15) is 0 Å². The number of aliphatic hydroxyl groups is 2. The van der Waals surface area contributed by atoms with Crippen LogP contribution in [0.5, 0.6) is 0 Å². The molecular weight excluding hydrogens is 476 g/mol. The summed E-state index contributed by atoms with van der Waals surface area (Å²) in [6, 6.07) is 0. The maximum Gasteiger partial charge on any atom is 0.305 e. The van der Waals surface area contributed by atoms with Crippen molar-refractivity contribution in [3.8, 4) is 0 Å². The SMILES string of the molecule is COC(=O)CCC[C@@H](/C=C/[C@@H]1[C@H](CCO)[C@H](O)C[C@@H]1O[Si](C)(C)C(C)(C)C)O[Si](C)(C)C(C)(C)C. The molecule has 0 aromatic carbocycles. The van der Waals surface area contributed by atoms with Gasteiger partial charge in [0.15, 0.2) is 16.6 Å². The van der Waals surface area contributed by atoms with E-state index in [9.17, 15) is 15.0 Å². The zero-order valence-electron chi connectivity index (χ0n) is 24.3. The van der Waals surface area contributed by atoms with Crippen LogP contribution in [0.4, 0.5) is 0 Å². The van der Waals surface area contributed by atoms with Gasteiger partial charge in [0.25, 0.3) is 0 Å². The van der Waals surface area contributed by atoms with Crippen LogP contribution >= 0.6 is 0 Å². The largest absolute Gasteiger partial charge is 0.469 e. The fourth-order valence-electron chi connectivity index (χ4n) is 4.14. The molecule has 8 heteroatoms. The summed E-state index contributed by atoms with van der Waals surface area (Å²) in [4.78, 5) is 11.7. The van der Waals surface area contributed by atoms with E-state index in [1.165, 1.54) is 7.11 Å². The molecule has 1 fully saturated rings. The number of carbonyl (C=O) groups is 1. The van der Waals surface area contributed by atoms with E-state index in [2.05, 4.69) is 79.9 Å². The van der Waals surface area contributed by atoms with Crippen LogP contribution in [0.2, 0.25) is 36.3 Å². The second-order valence-corrected chi connectivity index (χ2v) is 22.8. The third-order valence-electron chi connectivity index (χ3n) is 8.50. The summed E-state index contributed by atoms with van der Waals surface area (Å²) in [5.41, 5.74) is 0. The first-order chi connectivity index (χ1) is 15.9. The van der Waals surface area contributed by atoms with Crippen LogP contribution in [0.15, 0.2) is 12.2 Å². The van der Waals surface area contributed by atoms with Gasteiger partial charge in [-0.2, -0.15) is 0 Å².